The summed E-state index contributed by atoms with van der Waals surface area (Å²) in [5, 5.41) is 5.91. The van der Waals surface area contributed by atoms with Crippen LogP contribution in [0.5, 0.6) is 5.75 Å². The highest BCUT2D eigenvalue weighted by Gasteiger charge is 2.40. The van der Waals surface area contributed by atoms with Crippen molar-refractivity contribution in [3.05, 3.63) is 75.9 Å². The van der Waals surface area contributed by atoms with Gasteiger partial charge in [0.2, 0.25) is 0 Å². The van der Waals surface area contributed by atoms with Gasteiger partial charge >= 0.3 is 0 Å². The van der Waals surface area contributed by atoms with Crippen molar-refractivity contribution in [3.8, 4) is 5.75 Å². The van der Waals surface area contributed by atoms with Crippen molar-refractivity contribution in [2.45, 2.75) is 32.6 Å². The van der Waals surface area contributed by atoms with Crippen LogP contribution in [0, 0.1) is 6.92 Å². The highest BCUT2D eigenvalue weighted by molar-refractivity contribution is 6.30. The maximum Gasteiger partial charge on any atom is 0.258 e. The van der Waals surface area contributed by atoms with Crippen molar-refractivity contribution in [2.75, 3.05) is 47.9 Å². The lowest BCUT2D eigenvalue weighted by molar-refractivity contribution is -0.117. The average Bonchev–Trinajstić information content (AvgIpc) is 3.38. The lowest BCUT2D eigenvalue weighted by atomic mass is 9.98. The summed E-state index contributed by atoms with van der Waals surface area (Å²) in [6.45, 7) is 4.64. The zero-order chi connectivity index (χ0) is 26.5. The summed E-state index contributed by atoms with van der Waals surface area (Å²) < 4.78 is 6.17. The first-order chi connectivity index (χ1) is 17.7. The van der Waals surface area contributed by atoms with Crippen molar-refractivity contribution in [3.63, 3.8) is 0 Å². The lowest BCUT2D eigenvalue weighted by Crippen LogP contribution is -2.21. The van der Waals surface area contributed by atoms with Crippen LogP contribution in [0.2, 0.25) is 0 Å². The molecule has 2 N–H and O–H groups in total. The molecule has 0 aliphatic carbocycles. The SMILES string of the molecule is Cc1ccc(C2=C3C(=O)NC(c4ccc(OCCCN(C)C)c(CCCCN(C)C)c4)=C3C(=O)N2)cc1. The second kappa shape index (κ2) is 11.8. The highest BCUT2D eigenvalue weighted by Crippen LogP contribution is 2.38. The number of rotatable bonds is 12. The summed E-state index contributed by atoms with van der Waals surface area (Å²) in [6.07, 6.45) is 3.91. The largest absolute Gasteiger partial charge is 0.493 e. The number of amides is 2. The van der Waals surface area contributed by atoms with Gasteiger partial charge < -0.3 is 25.2 Å². The minimum Gasteiger partial charge on any atom is -0.493 e. The summed E-state index contributed by atoms with van der Waals surface area (Å²) in [4.78, 5) is 30.4. The van der Waals surface area contributed by atoms with Crippen molar-refractivity contribution in [2.24, 2.45) is 0 Å². The van der Waals surface area contributed by atoms with E-state index in [4.69, 9.17) is 4.74 Å². The van der Waals surface area contributed by atoms with Gasteiger partial charge in [0, 0.05) is 6.54 Å². The summed E-state index contributed by atoms with van der Waals surface area (Å²) in [5.41, 5.74) is 5.82. The minimum absolute atomic E-state index is 0.254. The fraction of sp³-hybridized carbons (Fsp3) is 0.400. The molecule has 0 saturated carbocycles. The molecule has 0 aromatic heterocycles. The average molecular weight is 503 g/mol. The van der Waals surface area contributed by atoms with E-state index in [1.54, 1.807) is 0 Å². The molecule has 2 aromatic carbocycles. The number of hydrogen-bond acceptors (Lipinski definition) is 5. The molecule has 2 heterocycles. The summed E-state index contributed by atoms with van der Waals surface area (Å²) in [6, 6.07) is 13.8. The Morgan fingerprint density at radius 2 is 1.30 bits per heavy atom. The molecule has 2 aliphatic rings. The first-order valence-electron chi connectivity index (χ1n) is 13.0. The van der Waals surface area contributed by atoms with E-state index < -0.39 is 0 Å². The maximum absolute atomic E-state index is 13.1. The molecule has 0 saturated heterocycles. The number of benzene rings is 2. The van der Waals surface area contributed by atoms with Gasteiger partial charge in [-0.1, -0.05) is 29.8 Å². The predicted molar refractivity (Wildman–Crippen MR) is 148 cm³/mol. The van der Waals surface area contributed by atoms with Crippen LogP contribution in [-0.2, 0) is 16.0 Å². The number of ether oxygens (including phenoxy) is 1. The number of nitrogens with one attached hydrogen (secondary N) is 2. The van der Waals surface area contributed by atoms with Crippen LogP contribution < -0.4 is 15.4 Å². The molecular weight excluding hydrogens is 464 g/mol. The Labute approximate surface area is 220 Å². The number of unbranched alkanes of at least 4 members (excludes halogenated alkanes) is 1. The quantitative estimate of drug-likeness (QED) is 0.434. The molecule has 2 aliphatic heterocycles. The molecule has 2 amide bonds. The van der Waals surface area contributed by atoms with Crippen molar-refractivity contribution in [1.82, 2.24) is 20.4 Å². The Kier molecular flexibility index (Phi) is 8.46. The van der Waals surface area contributed by atoms with E-state index in [0.717, 1.165) is 66.8 Å². The number of carbonyl (C=O) groups excluding carboxylic acids is 2. The van der Waals surface area contributed by atoms with Gasteiger partial charge in [-0.2, -0.15) is 0 Å². The third-order valence-corrected chi connectivity index (χ3v) is 6.68. The highest BCUT2D eigenvalue weighted by atomic mass is 16.5. The molecule has 0 bridgehead atoms. The molecule has 7 heteroatoms. The van der Waals surface area contributed by atoms with E-state index in [1.165, 1.54) is 0 Å². The standard InChI is InChI=1S/C30H38N4O3/c1-20-10-12-21(13-11-20)27-25-26(30(36)31-27)28(32-29(25)35)23-14-15-24(37-18-8-17-34(4)5)22(19-23)9-6-7-16-33(2)3/h10-15,19H,6-9,16-18H2,1-5H3,(H,31,36)(H,32,35). The molecule has 0 fully saturated rings. The van der Waals surface area contributed by atoms with Crippen LogP contribution in [0.4, 0.5) is 0 Å². The number of aryl methyl sites for hydroxylation is 2. The third kappa shape index (κ3) is 6.29. The van der Waals surface area contributed by atoms with Crippen LogP contribution >= 0.6 is 0 Å². The zero-order valence-corrected chi connectivity index (χ0v) is 22.6. The Balaban J connectivity index is 1.64. The predicted octanol–water partition coefficient (Wildman–Crippen LogP) is 3.59. The molecule has 37 heavy (non-hydrogen) atoms. The summed E-state index contributed by atoms with van der Waals surface area (Å²) >= 11 is 0. The van der Waals surface area contributed by atoms with Gasteiger partial charge in [-0.05, 0) is 102 Å². The monoisotopic (exact) mass is 502 g/mol. The second-order valence-corrected chi connectivity index (χ2v) is 10.4. The van der Waals surface area contributed by atoms with Gasteiger partial charge in [-0.15, -0.1) is 0 Å². The van der Waals surface area contributed by atoms with E-state index in [-0.39, 0.29) is 11.8 Å². The lowest BCUT2D eigenvalue weighted by Gasteiger charge is -2.16. The van der Waals surface area contributed by atoms with E-state index in [2.05, 4.69) is 54.7 Å². The number of carbonyl (C=O) groups is 2. The van der Waals surface area contributed by atoms with Crippen molar-refractivity contribution >= 4 is 23.2 Å². The Hall–Kier alpha value is -3.42. The molecule has 0 atom stereocenters. The number of nitrogens with zero attached hydrogens (tertiary/aromatic N) is 2. The molecule has 0 spiro atoms. The Morgan fingerprint density at radius 1 is 0.730 bits per heavy atom. The summed E-state index contributed by atoms with van der Waals surface area (Å²) in [5.74, 6) is 0.361. The Bertz CT molecular complexity index is 1230. The fourth-order valence-corrected chi connectivity index (χ4v) is 4.71. The van der Waals surface area contributed by atoms with Gasteiger partial charge in [0.25, 0.3) is 11.8 Å². The number of fused-ring (bicyclic) bond motifs is 1. The van der Waals surface area contributed by atoms with Crippen LogP contribution in [0.15, 0.2) is 53.6 Å². The van der Waals surface area contributed by atoms with Crippen LogP contribution in [0.1, 0.15) is 41.5 Å². The van der Waals surface area contributed by atoms with Gasteiger partial charge in [0.1, 0.15) is 5.75 Å². The summed E-state index contributed by atoms with van der Waals surface area (Å²) in [7, 11) is 8.28. The van der Waals surface area contributed by atoms with Gasteiger partial charge in [0.15, 0.2) is 0 Å². The van der Waals surface area contributed by atoms with E-state index in [1.807, 2.05) is 43.3 Å². The molecule has 4 rings (SSSR count). The van der Waals surface area contributed by atoms with Crippen molar-refractivity contribution in [1.29, 1.82) is 0 Å². The molecular formula is C30H38N4O3. The number of hydrogen-bond donors (Lipinski definition) is 2. The molecule has 196 valence electrons. The molecule has 0 unspecified atom stereocenters. The molecule has 0 radical (unpaired) electrons. The van der Waals surface area contributed by atoms with Gasteiger partial charge in [0.05, 0.1) is 29.1 Å². The van der Waals surface area contributed by atoms with Crippen LogP contribution in [0.3, 0.4) is 0 Å². The van der Waals surface area contributed by atoms with Crippen LogP contribution in [0.25, 0.3) is 11.4 Å². The molecule has 7 nitrogen and oxygen atoms in total. The fourth-order valence-electron chi connectivity index (χ4n) is 4.71. The third-order valence-electron chi connectivity index (χ3n) is 6.68. The van der Waals surface area contributed by atoms with Gasteiger partial charge in [-0.25, -0.2) is 0 Å². The first-order valence-corrected chi connectivity index (χ1v) is 13.0. The smallest absolute Gasteiger partial charge is 0.258 e. The Morgan fingerprint density at radius 3 is 1.92 bits per heavy atom. The van der Waals surface area contributed by atoms with Crippen LogP contribution in [-0.4, -0.2) is 69.5 Å². The minimum atomic E-state index is -0.254. The van der Waals surface area contributed by atoms with Gasteiger partial charge in [-0.3, -0.25) is 9.59 Å². The first kappa shape index (κ1) is 26.6. The maximum atomic E-state index is 13.1. The topological polar surface area (TPSA) is 73.9 Å². The van der Waals surface area contributed by atoms with E-state index >= 15 is 0 Å². The van der Waals surface area contributed by atoms with E-state index in [9.17, 15) is 9.59 Å². The van der Waals surface area contributed by atoms with E-state index in [0.29, 0.717) is 29.1 Å². The second-order valence-electron chi connectivity index (χ2n) is 10.4. The zero-order valence-electron chi connectivity index (χ0n) is 22.6. The molecule has 2 aromatic rings. The normalized spacial score (nSPS) is 15.1. The van der Waals surface area contributed by atoms with Crippen molar-refractivity contribution < 1.29 is 14.3 Å².